The van der Waals surface area contributed by atoms with Gasteiger partial charge in [-0.2, -0.15) is 5.10 Å². The third-order valence-electron chi connectivity index (χ3n) is 4.57. The molecule has 1 saturated carbocycles. The van der Waals surface area contributed by atoms with Gasteiger partial charge in [0, 0.05) is 18.0 Å². The average molecular weight is 356 g/mol. The minimum atomic E-state index is 0.424. The van der Waals surface area contributed by atoms with Crippen LogP contribution in [-0.4, -0.2) is 22.4 Å². The van der Waals surface area contributed by atoms with Crippen LogP contribution in [0.25, 0.3) is 0 Å². The summed E-state index contributed by atoms with van der Waals surface area (Å²) in [5.41, 5.74) is 1.42. The number of rotatable bonds is 5. The van der Waals surface area contributed by atoms with E-state index >= 15 is 0 Å². The lowest BCUT2D eigenvalue weighted by Crippen LogP contribution is -2.32. The number of halogens is 1. The minimum Gasteiger partial charge on any atom is -0.314 e. The van der Waals surface area contributed by atoms with E-state index in [1.165, 1.54) is 42.3 Å². The van der Waals surface area contributed by atoms with Crippen molar-refractivity contribution in [2.45, 2.75) is 77.8 Å². The molecule has 120 valence electrons. The van der Waals surface area contributed by atoms with Crippen molar-refractivity contribution in [1.82, 2.24) is 15.1 Å². The molecule has 2 rings (SSSR count). The maximum atomic E-state index is 4.60. The van der Waals surface area contributed by atoms with Crippen molar-refractivity contribution < 1.29 is 0 Å². The van der Waals surface area contributed by atoms with E-state index in [4.69, 9.17) is 0 Å². The van der Waals surface area contributed by atoms with Crippen molar-refractivity contribution in [2.75, 3.05) is 6.54 Å². The van der Waals surface area contributed by atoms with Gasteiger partial charge in [0.15, 0.2) is 0 Å². The van der Waals surface area contributed by atoms with Crippen molar-refractivity contribution in [1.29, 1.82) is 0 Å². The van der Waals surface area contributed by atoms with Crippen LogP contribution in [0, 0.1) is 5.92 Å². The molecular formula is C17H30BrN3. The van der Waals surface area contributed by atoms with Gasteiger partial charge in [-0.1, -0.05) is 33.1 Å². The minimum absolute atomic E-state index is 0.424. The summed E-state index contributed by atoms with van der Waals surface area (Å²) in [6.45, 7) is 10.0. The fraction of sp³-hybridized carbons (Fsp3) is 0.824. The maximum Gasteiger partial charge on any atom is 0.0635 e. The number of aromatic nitrogens is 2. The zero-order chi connectivity index (χ0) is 15.4. The molecule has 0 saturated heterocycles. The highest BCUT2D eigenvalue weighted by molar-refractivity contribution is 9.10. The summed E-state index contributed by atoms with van der Waals surface area (Å²) in [4.78, 5) is 0. The Morgan fingerprint density at radius 3 is 2.62 bits per heavy atom. The highest BCUT2D eigenvalue weighted by Crippen LogP contribution is 2.40. The van der Waals surface area contributed by atoms with Crippen molar-refractivity contribution in [3.63, 3.8) is 0 Å². The van der Waals surface area contributed by atoms with Gasteiger partial charge in [-0.3, -0.25) is 4.68 Å². The normalized spacial score (nSPS) is 23.8. The van der Waals surface area contributed by atoms with E-state index in [9.17, 15) is 0 Å². The molecular weight excluding hydrogens is 326 g/mol. The van der Waals surface area contributed by atoms with E-state index in [0.717, 1.165) is 12.5 Å². The van der Waals surface area contributed by atoms with Crippen molar-refractivity contribution in [3.8, 4) is 0 Å². The van der Waals surface area contributed by atoms with Crippen LogP contribution in [0.2, 0.25) is 0 Å². The van der Waals surface area contributed by atoms with Gasteiger partial charge in [-0.15, -0.1) is 0 Å². The zero-order valence-corrected chi connectivity index (χ0v) is 15.5. The molecule has 2 unspecified atom stereocenters. The molecule has 1 fully saturated rings. The molecule has 3 nitrogen and oxygen atoms in total. The number of nitrogens with one attached hydrogen (secondary N) is 1. The molecule has 1 aromatic rings. The van der Waals surface area contributed by atoms with E-state index in [1.807, 2.05) is 6.20 Å². The second kappa shape index (κ2) is 7.77. The summed E-state index contributed by atoms with van der Waals surface area (Å²) < 4.78 is 3.42. The Hall–Kier alpha value is -0.350. The van der Waals surface area contributed by atoms with Crippen LogP contribution in [0.15, 0.2) is 10.7 Å². The van der Waals surface area contributed by atoms with E-state index < -0.39 is 0 Å². The molecule has 0 aromatic carbocycles. The van der Waals surface area contributed by atoms with E-state index in [0.29, 0.717) is 18.0 Å². The second-order valence-electron chi connectivity index (χ2n) is 6.98. The SMILES string of the molecule is CC(C)NCC1CCCCCC1c1c(Br)cnn1C(C)C. The molecule has 0 aliphatic heterocycles. The van der Waals surface area contributed by atoms with Crippen LogP contribution >= 0.6 is 15.9 Å². The number of nitrogens with zero attached hydrogens (tertiary/aromatic N) is 2. The number of hydrogen-bond acceptors (Lipinski definition) is 2. The van der Waals surface area contributed by atoms with Crippen molar-refractivity contribution in [3.05, 3.63) is 16.4 Å². The largest absolute Gasteiger partial charge is 0.314 e. The highest BCUT2D eigenvalue weighted by atomic mass is 79.9. The van der Waals surface area contributed by atoms with E-state index in [2.05, 4.69) is 58.7 Å². The number of hydrogen-bond donors (Lipinski definition) is 1. The first kappa shape index (κ1) is 17.0. The van der Waals surface area contributed by atoms with Gasteiger partial charge in [0.1, 0.15) is 0 Å². The van der Waals surface area contributed by atoms with Gasteiger partial charge < -0.3 is 5.32 Å². The first-order chi connectivity index (χ1) is 10.0. The molecule has 1 aliphatic carbocycles. The van der Waals surface area contributed by atoms with Gasteiger partial charge in [-0.05, 0) is 55.1 Å². The molecule has 1 aliphatic rings. The van der Waals surface area contributed by atoms with Crippen LogP contribution < -0.4 is 5.32 Å². The summed E-state index contributed by atoms with van der Waals surface area (Å²) in [5.74, 6) is 1.35. The lowest BCUT2D eigenvalue weighted by atomic mass is 9.85. The predicted octanol–water partition coefficient (Wildman–Crippen LogP) is 4.89. The molecule has 21 heavy (non-hydrogen) atoms. The lowest BCUT2D eigenvalue weighted by Gasteiger charge is -2.28. The predicted molar refractivity (Wildman–Crippen MR) is 92.8 cm³/mol. The molecule has 1 aromatic heterocycles. The van der Waals surface area contributed by atoms with E-state index in [-0.39, 0.29) is 0 Å². The van der Waals surface area contributed by atoms with Gasteiger partial charge in [0.2, 0.25) is 0 Å². The third-order valence-corrected chi connectivity index (χ3v) is 5.19. The summed E-state index contributed by atoms with van der Waals surface area (Å²) >= 11 is 3.75. The fourth-order valence-corrected chi connectivity index (χ4v) is 4.05. The van der Waals surface area contributed by atoms with Crippen LogP contribution in [0.4, 0.5) is 0 Å². The second-order valence-corrected chi connectivity index (χ2v) is 7.84. The molecule has 1 N–H and O–H groups in total. The van der Waals surface area contributed by atoms with Gasteiger partial charge in [0.05, 0.1) is 16.4 Å². The first-order valence-electron chi connectivity index (χ1n) is 8.47. The molecule has 1 heterocycles. The maximum absolute atomic E-state index is 4.60. The monoisotopic (exact) mass is 355 g/mol. The molecule has 0 spiro atoms. The quantitative estimate of drug-likeness (QED) is 0.762. The Balaban J connectivity index is 2.25. The van der Waals surface area contributed by atoms with Crippen molar-refractivity contribution >= 4 is 15.9 Å². The Labute approximate surface area is 138 Å². The summed E-state index contributed by atoms with van der Waals surface area (Å²) in [5, 5.41) is 8.26. The van der Waals surface area contributed by atoms with Gasteiger partial charge in [0.25, 0.3) is 0 Å². The Morgan fingerprint density at radius 1 is 1.24 bits per heavy atom. The standard InChI is InChI=1S/C17H30BrN3/c1-12(2)19-10-14-8-6-5-7-9-15(14)17-16(18)11-20-21(17)13(3)4/h11-15,19H,5-10H2,1-4H3. The Bertz CT molecular complexity index is 439. The first-order valence-corrected chi connectivity index (χ1v) is 9.26. The molecule has 0 bridgehead atoms. The summed E-state index contributed by atoms with van der Waals surface area (Å²) in [6.07, 6.45) is 8.70. The molecule has 4 heteroatoms. The van der Waals surface area contributed by atoms with Gasteiger partial charge >= 0.3 is 0 Å². The molecule has 0 amide bonds. The van der Waals surface area contributed by atoms with Crippen LogP contribution in [0.5, 0.6) is 0 Å². The lowest BCUT2D eigenvalue weighted by molar-refractivity contribution is 0.339. The van der Waals surface area contributed by atoms with Crippen molar-refractivity contribution in [2.24, 2.45) is 5.92 Å². The fourth-order valence-electron chi connectivity index (χ4n) is 3.48. The third kappa shape index (κ3) is 4.32. The Kier molecular flexibility index (Phi) is 6.30. The van der Waals surface area contributed by atoms with Crippen LogP contribution in [-0.2, 0) is 0 Å². The average Bonchev–Trinajstić information content (AvgIpc) is 2.67. The zero-order valence-electron chi connectivity index (χ0n) is 13.9. The van der Waals surface area contributed by atoms with Gasteiger partial charge in [-0.25, -0.2) is 0 Å². The molecule has 2 atom stereocenters. The molecule has 0 radical (unpaired) electrons. The van der Waals surface area contributed by atoms with E-state index in [1.54, 1.807) is 0 Å². The Morgan fingerprint density at radius 2 is 1.95 bits per heavy atom. The van der Waals surface area contributed by atoms with Crippen LogP contribution in [0.1, 0.15) is 77.5 Å². The summed E-state index contributed by atoms with van der Waals surface area (Å²) in [6, 6.07) is 0.987. The topological polar surface area (TPSA) is 29.9 Å². The smallest absolute Gasteiger partial charge is 0.0635 e. The summed E-state index contributed by atoms with van der Waals surface area (Å²) in [7, 11) is 0. The highest BCUT2D eigenvalue weighted by Gasteiger charge is 2.30. The van der Waals surface area contributed by atoms with Crippen LogP contribution in [0.3, 0.4) is 0 Å².